The van der Waals surface area contributed by atoms with E-state index in [0.29, 0.717) is 49.2 Å². The summed E-state index contributed by atoms with van der Waals surface area (Å²) in [5.41, 5.74) is 7.52. The van der Waals surface area contributed by atoms with Gasteiger partial charge >= 0.3 is 6.09 Å². The minimum Gasteiger partial charge on any atom is -0.441 e. The van der Waals surface area contributed by atoms with Crippen LogP contribution in [-0.2, 0) is 9.53 Å². The van der Waals surface area contributed by atoms with E-state index in [9.17, 15) is 9.59 Å². The number of rotatable bonds is 3. The average molecular weight is 390 g/mol. The molecule has 2 amide bonds. The standard InChI is InChI=1S/C22H22N4O3/c23-13-15-6-7-18(24)19(12-15)25-20(27)16-8-10-22(11-9-16)14-26(21(28)29-22)17-4-2-1-3-5-17/h1-7,12,16H,8-11,14,24H2,(H,25,27). The molecule has 7 nitrogen and oxygen atoms in total. The number of hydrogen-bond acceptors (Lipinski definition) is 5. The van der Waals surface area contributed by atoms with Crippen molar-refractivity contribution in [3.63, 3.8) is 0 Å². The van der Waals surface area contributed by atoms with Crippen molar-refractivity contribution in [2.24, 2.45) is 5.92 Å². The van der Waals surface area contributed by atoms with Gasteiger partial charge < -0.3 is 15.8 Å². The molecule has 0 aromatic heterocycles. The third-order valence-electron chi connectivity index (χ3n) is 5.75. The van der Waals surface area contributed by atoms with Crippen molar-refractivity contribution in [3.8, 4) is 6.07 Å². The smallest absolute Gasteiger partial charge is 0.415 e. The largest absolute Gasteiger partial charge is 0.441 e. The Morgan fingerprint density at radius 3 is 2.62 bits per heavy atom. The minimum atomic E-state index is -0.538. The van der Waals surface area contributed by atoms with Gasteiger partial charge in [-0.2, -0.15) is 5.26 Å². The second kappa shape index (κ2) is 7.47. The van der Waals surface area contributed by atoms with Gasteiger partial charge in [0.2, 0.25) is 5.91 Å². The highest BCUT2D eigenvalue weighted by Gasteiger charge is 2.48. The van der Waals surface area contributed by atoms with E-state index in [4.69, 9.17) is 15.7 Å². The molecule has 0 atom stereocenters. The van der Waals surface area contributed by atoms with Gasteiger partial charge in [0.15, 0.2) is 0 Å². The third-order valence-corrected chi connectivity index (χ3v) is 5.75. The van der Waals surface area contributed by atoms with Crippen LogP contribution in [0.15, 0.2) is 48.5 Å². The molecule has 2 aromatic carbocycles. The number of benzene rings is 2. The van der Waals surface area contributed by atoms with Gasteiger partial charge in [-0.05, 0) is 56.0 Å². The molecule has 3 N–H and O–H groups in total. The lowest BCUT2D eigenvalue weighted by atomic mass is 9.78. The van der Waals surface area contributed by atoms with Gasteiger partial charge in [-0.25, -0.2) is 4.79 Å². The van der Waals surface area contributed by atoms with E-state index in [1.165, 1.54) is 0 Å². The summed E-state index contributed by atoms with van der Waals surface area (Å²) < 4.78 is 5.75. The fourth-order valence-electron chi connectivity index (χ4n) is 4.07. The number of carbonyl (C=O) groups is 2. The van der Waals surface area contributed by atoms with Crippen LogP contribution < -0.4 is 16.0 Å². The van der Waals surface area contributed by atoms with E-state index >= 15 is 0 Å². The number of carbonyl (C=O) groups excluding carboxylic acids is 2. The van der Waals surface area contributed by atoms with Crippen LogP contribution in [0.4, 0.5) is 21.9 Å². The maximum atomic E-state index is 12.7. The van der Waals surface area contributed by atoms with Crippen molar-refractivity contribution in [2.45, 2.75) is 31.3 Å². The lowest BCUT2D eigenvalue weighted by Crippen LogP contribution is -2.41. The van der Waals surface area contributed by atoms with E-state index in [2.05, 4.69) is 5.32 Å². The molecule has 1 aliphatic carbocycles. The van der Waals surface area contributed by atoms with Crippen LogP contribution in [0.2, 0.25) is 0 Å². The van der Waals surface area contributed by atoms with E-state index in [-0.39, 0.29) is 17.9 Å². The molecule has 0 unspecified atom stereocenters. The highest BCUT2D eigenvalue weighted by atomic mass is 16.6. The van der Waals surface area contributed by atoms with Crippen LogP contribution >= 0.6 is 0 Å². The molecule has 7 heteroatoms. The van der Waals surface area contributed by atoms with Gasteiger partial charge in [-0.3, -0.25) is 9.69 Å². The third kappa shape index (κ3) is 3.74. The van der Waals surface area contributed by atoms with E-state index in [1.807, 2.05) is 36.4 Å². The fraction of sp³-hybridized carbons (Fsp3) is 0.318. The summed E-state index contributed by atoms with van der Waals surface area (Å²) in [6.07, 6.45) is 2.18. The molecule has 1 heterocycles. The van der Waals surface area contributed by atoms with E-state index in [0.717, 1.165) is 5.69 Å². The molecule has 2 aliphatic rings. The Kier molecular flexibility index (Phi) is 4.85. The maximum absolute atomic E-state index is 12.7. The highest BCUT2D eigenvalue weighted by molar-refractivity contribution is 5.96. The zero-order chi connectivity index (χ0) is 20.4. The van der Waals surface area contributed by atoms with Crippen molar-refractivity contribution in [1.29, 1.82) is 5.26 Å². The number of nitriles is 1. The number of nitrogens with one attached hydrogen (secondary N) is 1. The molecule has 2 fully saturated rings. The summed E-state index contributed by atoms with van der Waals surface area (Å²) in [6, 6.07) is 16.3. The SMILES string of the molecule is N#Cc1ccc(N)c(NC(=O)C2CCC3(CC2)CN(c2ccccc2)C(=O)O3)c1. The van der Waals surface area contributed by atoms with Crippen molar-refractivity contribution >= 4 is 29.1 Å². The average Bonchev–Trinajstić information content (AvgIpc) is 3.06. The lowest BCUT2D eigenvalue weighted by Gasteiger charge is -2.34. The maximum Gasteiger partial charge on any atom is 0.415 e. The fourth-order valence-corrected chi connectivity index (χ4v) is 4.07. The Morgan fingerprint density at radius 1 is 1.21 bits per heavy atom. The highest BCUT2D eigenvalue weighted by Crippen LogP contribution is 2.41. The van der Waals surface area contributed by atoms with Crippen molar-refractivity contribution < 1.29 is 14.3 Å². The second-order valence-electron chi connectivity index (χ2n) is 7.65. The number of para-hydroxylation sites is 1. The van der Waals surface area contributed by atoms with Crippen LogP contribution in [0.3, 0.4) is 0 Å². The molecule has 2 aromatic rings. The molecule has 1 aliphatic heterocycles. The molecule has 1 spiro atoms. The monoisotopic (exact) mass is 390 g/mol. The normalized spacial score (nSPS) is 23.5. The second-order valence-corrected chi connectivity index (χ2v) is 7.65. The first kappa shape index (κ1) is 18.8. The van der Waals surface area contributed by atoms with E-state index < -0.39 is 5.60 Å². The van der Waals surface area contributed by atoms with Gasteiger partial charge in [0.25, 0.3) is 0 Å². The van der Waals surface area contributed by atoms with Crippen LogP contribution in [0.5, 0.6) is 0 Å². The van der Waals surface area contributed by atoms with Gasteiger partial charge in [0.05, 0.1) is 29.6 Å². The van der Waals surface area contributed by atoms with Crippen molar-refractivity contribution in [1.82, 2.24) is 0 Å². The predicted molar refractivity (Wildman–Crippen MR) is 109 cm³/mol. The number of nitrogens with zero attached hydrogens (tertiary/aromatic N) is 2. The minimum absolute atomic E-state index is 0.120. The predicted octanol–water partition coefficient (Wildman–Crippen LogP) is 3.66. The zero-order valence-corrected chi connectivity index (χ0v) is 15.9. The molecule has 0 radical (unpaired) electrons. The van der Waals surface area contributed by atoms with Gasteiger partial charge in [-0.1, -0.05) is 18.2 Å². The Labute approximate surface area is 169 Å². The molecule has 148 valence electrons. The Hall–Kier alpha value is -3.53. The number of hydrogen-bond donors (Lipinski definition) is 2. The molecular formula is C22H22N4O3. The van der Waals surface area contributed by atoms with Crippen molar-refractivity contribution in [2.75, 3.05) is 22.5 Å². The molecular weight excluding hydrogens is 368 g/mol. The number of nitrogens with two attached hydrogens (primary N) is 1. The number of anilines is 3. The first-order valence-electron chi connectivity index (χ1n) is 9.66. The Bertz CT molecular complexity index is 975. The van der Waals surface area contributed by atoms with E-state index in [1.54, 1.807) is 23.1 Å². The summed E-state index contributed by atoms with van der Waals surface area (Å²) >= 11 is 0. The van der Waals surface area contributed by atoms with Gasteiger partial charge in [0.1, 0.15) is 5.60 Å². The number of amides is 2. The summed E-state index contributed by atoms with van der Waals surface area (Å²) in [6.45, 7) is 0.501. The van der Waals surface area contributed by atoms with Crippen LogP contribution in [0.25, 0.3) is 0 Å². The van der Waals surface area contributed by atoms with Crippen LogP contribution in [0.1, 0.15) is 31.2 Å². The van der Waals surface area contributed by atoms with Crippen molar-refractivity contribution in [3.05, 3.63) is 54.1 Å². The summed E-state index contributed by atoms with van der Waals surface area (Å²) in [7, 11) is 0. The summed E-state index contributed by atoms with van der Waals surface area (Å²) in [4.78, 5) is 26.8. The summed E-state index contributed by atoms with van der Waals surface area (Å²) in [5.74, 6) is -0.305. The molecule has 0 bridgehead atoms. The first-order valence-corrected chi connectivity index (χ1v) is 9.66. The lowest BCUT2D eigenvalue weighted by molar-refractivity contribution is -0.122. The topological polar surface area (TPSA) is 108 Å². The zero-order valence-electron chi connectivity index (χ0n) is 15.9. The Balaban J connectivity index is 1.39. The van der Waals surface area contributed by atoms with Crippen LogP contribution in [0, 0.1) is 17.2 Å². The quantitative estimate of drug-likeness (QED) is 0.778. The number of ether oxygens (including phenoxy) is 1. The van der Waals surface area contributed by atoms with Gasteiger partial charge in [0, 0.05) is 11.6 Å². The molecule has 1 saturated carbocycles. The van der Waals surface area contributed by atoms with Crippen LogP contribution in [-0.4, -0.2) is 24.1 Å². The molecule has 1 saturated heterocycles. The Morgan fingerprint density at radius 2 is 1.93 bits per heavy atom. The summed E-state index contributed by atoms with van der Waals surface area (Å²) in [5, 5.41) is 11.9. The molecule has 4 rings (SSSR count). The number of nitrogen functional groups attached to an aromatic ring is 1. The molecule has 29 heavy (non-hydrogen) atoms. The first-order chi connectivity index (χ1) is 14.0. The van der Waals surface area contributed by atoms with Gasteiger partial charge in [-0.15, -0.1) is 0 Å².